The minimum Gasteiger partial charge on any atom is -0.299 e. The quantitative estimate of drug-likeness (QED) is 0.828. The van der Waals surface area contributed by atoms with Gasteiger partial charge in [-0.15, -0.1) is 5.10 Å². The first kappa shape index (κ1) is 13.4. The van der Waals surface area contributed by atoms with Crippen LogP contribution in [-0.4, -0.2) is 45.0 Å². The standard InChI is InChI=1S/C13H20N4S/c1-10(9-18-4)16(2)8-11-5-6-13-12(7-11)14-15-17(13)3/h5-7,10H,8-9H2,1-4H3. The van der Waals surface area contributed by atoms with Gasteiger partial charge in [-0.2, -0.15) is 11.8 Å². The highest BCUT2D eigenvalue weighted by Gasteiger charge is 2.10. The van der Waals surface area contributed by atoms with Crippen LogP contribution in [-0.2, 0) is 13.6 Å². The number of rotatable bonds is 5. The van der Waals surface area contributed by atoms with E-state index in [0.717, 1.165) is 23.3 Å². The number of fused-ring (bicyclic) bond motifs is 1. The lowest BCUT2D eigenvalue weighted by atomic mass is 10.1. The molecule has 0 saturated carbocycles. The Kier molecular flexibility index (Phi) is 4.24. The molecule has 1 aromatic heterocycles. The van der Waals surface area contributed by atoms with E-state index in [1.165, 1.54) is 5.56 Å². The van der Waals surface area contributed by atoms with Crippen LogP contribution in [0.3, 0.4) is 0 Å². The maximum atomic E-state index is 4.16. The van der Waals surface area contributed by atoms with Crippen LogP contribution in [0.4, 0.5) is 0 Å². The van der Waals surface area contributed by atoms with E-state index >= 15 is 0 Å². The molecule has 0 aliphatic heterocycles. The Balaban J connectivity index is 2.12. The SMILES string of the molecule is CSCC(C)N(C)Cc1ccc2c(c1)nnn2C. The number of nitrogens with zero attached hydrogens (tertiary/aromatic N) is 4. The average Bonchev–Trinajstić information content (AvgIpc) is 2.71. The highest BCUT2D eigenvalue weighted by atomic mass is 32.2. The lowest BCUT2D eigenvalue weighted by molar-refractivity contribution is 0.270. The third-order valence-corrected chi connectivity index (χ3v) is 4.08. The van der Waals surface area contributed by atoms with E-state index in [1.54, 1.807) is 4.68 Å². The van der Waals surface area contributed by atoms with Crippen LogP contribution < -0.4 is 0 Å². The van der Waals surface area contributed by atoms with Crippen molar-refractivity contribution in [3.05, 3.63) is 23.8 Å². The molecular formula is C13H20N4S. The summed E-state index contributed by atoms with van der Waals surface area (Å²) in [5.41, 5.74) is 3.35. The van der Waals surface area contributed by atoms with Gasteiger partial charge in [-0.25, -0.2) is 4.68 Å². The third kappa shape index (κ3) is 2.84. The Labute approximate surface area is 112 Å². The highest BCUT2D eigenvalue weighted by molar-refractivity contribution is 7.98. The summed E-state index contributed by atoms with van der Waals surface area (Å²) in [4.78, 5) is 2.37. The molecule has 4 nitrogen and oxygen atoms in total. The minimum atomic E-state index is 0.581. The fourth-order valence-electron chi connectivity index (χ4n) is 2.00. The predicted molar refractivity (Wildman–Crippen MR) is 77.8 cm³/mol. The highest BCUT2D eigenvalue weighted by Crippen LogP contribution is 2.15. The van der Waals surface area contributed by atoms with Crippen molar-refractivity contribution in [2.45, 2.75) is 19.5 Å². The van der Waals surface area contributed by atoms with Crippen LogP contribution in [0.5, 0.6) is 0 Å². The molecule has 18 heavy (non-hydrogen) atoms. The lowest BCUT2D eigenvalue weighted by Crippen LogP contribution is -2.30. The van der Waals surface area contributed by atoms with Crippen molar-refractivity contribution in [2.75, 3.05) is 19.1 Å². The number of aryl methyl sites for hydroxylation is 1. The summed E-state index contributed by atoms with van der Waals surface area (Å²) in [5, 5.41) is 8.19. The number of hydrogen-bond donors (Lipinski definition) is 0. The first-order valence-electron chi connectivity index (χ1n) is 6.09. The van der Waals surface area contributed by atoms with Crippen molar-refractivity contribution in [2.24, 2.45) is 7.05 Å². The monoisotopic (exact) mass is 264 g/mol. The molecule has 1 atom stereocenters. The van der Waals surface area contributed by atoms with Crippen LogP contribution in [0.1, 0.15) is 12.5 Å². The van der Waals surface area contributed by atoms with Crippen LogP contribution in [0, 0.1) is 0 Å². The molecule has 0 aliphatic carbocycles. The Morgan fingerprint density at radius 3 is 2.94 bits per heavy atom. The van der Waals surface area contributed by atoms with Crippen molar-refractivity contribution in [3.8, 4) is 0 Å². The zero-order valence-electron chi connectivity index (χ0n) is 11.4. The van der Waals surface area contributed by atoms with E-state index in [2.05, 4.69) is 53.6 Å². The van der Waals surface area contributed by atoms with Crippen molar-refractivity contribution in [1.29, 1.82) is 0 Å². The van der Waals surface area contributed by atoms with Crippen molar-refractivity contribution < 1.29 is 0 Å². The van der Waals surface area contributed by atoms with Gasteiger partial charge in [0.15, 0.2) is 0 Å². The smallest absolute Gasteiger partial charge is 0.113 e. The summed E-state index contributed by atoms with van der Waals surface area (Å²) in [6.45, 7) is 3.21. The van der Waals surface area contributed by atoms with Crippen LogP contribution in [0.25, 0.3) is 11.0 Å². The van der Waals surface area contributed by atoms with Gasteiger partial charge in [0, 0.05) is 25.4 Å². The summed E-state index contributed by atoms with van der Waals surface area (Å²) >= 11 is 1.89. The van der Waals surface area contributed by atoms with Gasteiger partial charge in [-0.3, -0.25) is 4.90 Å². The summed E-state index contributed by atoms with van der Waals surface area (Å²) in [6.07, 6.45) is 2.15. The fourth-order valence-corrected chi connectivity index (χ4v) is 2.73. The molecule has 0 saturated heterocycles. The number of thioether (sulfide) groups is 1. The molecule has 0 radical (unpaired) electrons. The second-order valence-electron chi connectivity index (χ2n) is 4.76. The first-order valence-corrected chi connectivity index (χ1v) is 7.48. The molecule has 0 fully saturated rings. The molecule has 98 valence electrons. The van der Waals surface area contributed by atoms with Crippen molar-refractivity contribution >= 4 is 22.8 Å². The summed E-state index contributed by atoms with van der Waals surface area (Å²) in [5.74, 6) is 1.16. The zero-order valence-corrected chi connectivity index (χ0v) is 12.2. The molecular weight excluding hydrogens is 244 g/mol. The molecule has 1 unspecified atom stereocenters. The Morgan fingerprint density at radius 2 is 2.22 bits per heavy atom. The second-order valence-corrected chi connectivity index (χ2v) is 5.67. The van der Waals surface area contributed by atoms with Gasteiger partial charge in [-0.1, -0.05) is 11.3 Å². The molecule has 2 aromatic rings. The Bertz CT molecular complexity index is 523. The van der Waals surface area contributed by atoms with E-state index in [1.807, 2.05) is 18.8 Å². The van der Waals surface area contributed by atoms with Crippen LogP contribution >= 0.6 is 11.8 Å². The zero-order chi connectivity index (χ0) is 13.1. The molecule has 0 aliphatic rings. The fraction of sp³-hybridized carbons (Fsp3) is 0.538. The summed E-state index contributed by atoms with van der Waals surface area (Å²) in [6, 6.07) is 6.97. The minimum absolute atomic E-state index is 0.581. The average molecular weight is 264 g/mol. The Hall–Kier alpha value is -1.07. The molecule has 0 spiro atoms. The van der Waals surface area contributed by atoms with Gasteiger partial charge < -0.3 is 0 Å². The lowest BCUT2D eigenvalue weighted by Gasteiger charge is -2.24. The topological polar surface area (TPSA) is 34.0 Å². The van der Waals surface area contributed by atoms with Gasteiger partial charge in [-0.05, 0) is 37.9 Å². The van der Waals surface area contributed by atoms with Crippen molar-refractivity contribution in [1.82, 2.24) is 19.9 Å². The normalized spacial score (nSPS) is 13.4. The van der Waals surface area contributed by atoms with Gasteiger partial charge in [0.05, 0.1) is 5.52 Å². The molecule has 0 bridgehead atoms. The number of aromatic nitrogens is 3. The van der Waals surface area contributed by atoms with E-state index in [9.17, 15) is 0 Å². The number of hydrogen-bond acceptors (Lipinski definition) is 4. The summed E-state index contributed by atoms with van der Waals surface area (Å²) in [7, 11) is 4.09. The van der Waals surface area contributed by atoms with Gasteiger partial charge in [0.1, 0.15) is 5.52 Å². The predicted octanol–water partition coefficient (Wildman–Crippen LogP) is 2.15. The van der Waals surface area contributed by atoms with E-state index in [-0.39, 0.29) is 0 Å². The first-order chi connectivity index (χ1) is 8.61. The molecule has 1 aromatic carbocycles. The van der Waals surface area contributed by atoms with E-state index in [0.29, 0.717) is 6.04 Å². The van der Waals surface area contributed by atoms with Crippen molar-refractivity contribution in [3.63, 3.8) is 0 Å². The molecule has 0 N–H and O–H groups in total. The maximum absolute atomic E-state index is 4.16. The van der Waals surface area contributed by atoms with E-state index < -0.39 is 0 Å². The van der Waals surface area contributed by atoms with Gasteiger partial charge in [0.2, 0.25) is 0 Å². The van der Waals surface area contributed by atoms with Gasteiger partial charge >= 0.3 is 0 Å². The maximum Gasteiger partial charge on any atom is 0.113 e. The molecule has 1 heterocycles. The molecule has 5 heteroatoms. The molecule has 0 amide bonds. The van der Waals surface area contributed by atoms with Crippen LogP contribution in [0.2, 0.25) is 0 Å². The molecule has 2 rings (SSSR count). The third-order valence-electron chi connectivity index (χ3n) is 3.27. The van der Waals surface area contributed by atoms with E-state index in [4.69, 9.17) is 0 Å². The summed E-state index contributed by atoms with van der Waals surface area (Å²) < 4.78 is 1.80. The van der Waals surface area contributed by atoms with Crippen LogP contribution in [0.15, 0.2) is 18.2 Å². The number of benzene rings is 1. The second kappa shape index (κ2) is 5.71. The van der Waals surface area contributed by atoms with Gasteiger partial charge in [0.25, 0.3) is 0 Å². The Morgan fingerprint density at radius 1 is 1.44 bits per heavy atom. The largest absolute Gasteiger partial charge is 0.299 e.